The maximum atomic E-state index is 5.18. The predicted octanol–water partition coefficient (Wildman–Crippen LogP) is 2.59. The van der Waals surface area contributed by atoms with Crippen molar-refractivity contribution in [2.75, 3.05) is 0 Å². The molecule has 1 aliphatic rings. The highest BCUT2D eigenvalue weighted by Gasteiger charge is 2.26. The Bertz CT molecular complexity index is 304. The normalized spacial score (nSPS) is 15.9. The summed E-state index contributed by atoms with van der Waals surface area (Å²) < 4.78 is 0. The van der Waals surface area contributed by atoms with E-state index in [4.69, 9.17) is 6.42 Å². The Hall–Kier alpha value is -0.810. The minimum Gasteiger partial charge on any atom is -0.246 e. The Labute approximate surface area is 76.8 Å². The third-order valence-corrected chi connectivity index (χ3v) is 3.08. The second-order valence-corrected chi connectivity index (χ2v) is 4.05. The van der Waals surface area contributed by atoms with E-state index >= 15 is 0 Å². The summed E-state index contributed by atoms with van der Waals surface area (Å²) in [6, 6.07) is 0. The Kier molecular flexibility index (Phi) is 2.14. The van der Waals surface area contributed by atoms with E-state index in [9.17, 15) is 0 Å². The molecule has 1 saturated carbocycles. The van der Waals surface area contributed by atoms with Gasteiger partial charge in [0.25, 0.3) is 0 Å². The van der Waals surface area contributed by atoms with Gasteiger partial charge in [-0.3, -0.25) is 0 Å². The summed E-state index contributed by atoms with van der Waals surface area (Å²) in [6.45, 7) is 0. The van der Waals surface area contributed by atoms with Crippen LogP contribution in [0, 0.1) is 12.3 Å². The maximum absolute atomic E-state index is 5.18. The molecule has 0 radical (unpaired) electrons. The molecule has 1 aromatic heterocycles. The van der Waals surface area contributed by atoms with E-state index in [2.05, 4.69) is 16.3 Å². The van der Waals surface area contributed by atoms with Gasteiger partial charge in [0.15, 0.2) is 0 Å². The Morgan fingerprint density at radius 2 is 2.50 bits per heavy atom. The van der Waals surface area contributed by atoms with Crippen LogP contribution in [0.3, 0.4) is 0 Å². The van der Waals surface area contributed by atoms with Crippen LogP contribution in [0.4, 0.5) is 0 Å². The average molecular weight is 177 g/mol. The summed E-state index contributed by atoms with van der Waals surface area (Å²) in [4.78, 5) is 4.53. The van der Waals surface area contributed by atoms with E-state index < -0.39 is 0 Å². The van der Waals surface area contributed by atoms with Crippen LogP contribution in [0.1, 0.15) is 35.9 Å². The maximum Gasteiger partial charge on any atom is 0.0959 e. The summed E-state index contributed by atoms with van der Waals surface area (Å²) >= 11 is 1.79. The third kappa shape index (κ3) is 1.67. The molecule has 0 aromatic carbocycles. The number of nitrogens with zero attached hydrogens (tertiary/aromatic N) is 1. The molecule has 62 valence electrons. The van der Waals surface area contributed by atoms with Crippen LogP contribution >= 0.6 is 11.3 Å². The van der Waals surface area contributed by atoms with Gasteiger partial charge in [-0.15, -0.1) is 23.7 Å². The van der Waals surface area contributed by atoms with Gasteiger partial charge in [0.05, 0.1) is 10.7 Å². The molecule has 2 heteroatoms. The quantitative estimate of drug-likeness (QED) is 0.647. The van der Waals surface area contributed by atoms with Crippen LogP contribution < -0.4 is 0 Å². The Morgan fingerprint density at radius 1 is 1.67 bits per heavy atom. The van der Waals surface area contributed by atoms with Gasteiger partial charge in [0.1, 0.15) is 0 Å². The lowest BCUT2D eigenvalue weighted by Crippen LogP contribution is -1.84. The van der Waals surface area contributed by atoms with Crippen molar-refractivity contribution in [2.45, 2.75) is 31.6 Å². The molecule has 0 spiro atoms. The fraction of sp³-hybridized carbons (Fsp3) is 0.500. The number of thiazole rings is 1. The standard InChI is InChI=1S/C10H11NS/c1-2-3-4-9-7-12-10(11-9)8-5-6-8/h1,7-8H,3-6H2. The monoisotopic (exact) mass is 177 g/mol. The van der Waals surface area contributed by atoms with E-state index in [0.717, 1.165) is 18.8 Å². The Morgan fingerprint density at radius 3 is 3.17 bits per heavy atom. The van der Waals surface area contributed by atoms with E-state index in [1.54, 1.807) is 11.3 Å². The lowest BCUT2D eigenvalue weighted by atomic mass is 10.3. The van der Waals surface area contributed by atoms with Gasteiger partial charge in [-0.2, -0.15) is 0 Å². The third-order valence-electron chi connectivity index (χ3n) is 2.02. The highest BCUT2D eigenvalue weighted by atomic mass is 32.1. The molecular weight excluding hydrogens is 166 g/mol. The average Bonchev–Trinajstić information content (AvgIpc) is 2.83. The Balaban J connectivity index is 1.99. The van der Waals surface area contributed by atoms with Gasteiger partial charge in [-0.25, -0.2) is 4.98 Å². The summed E-state index contributed by atoms with van der Waals surface area (Å²) in [5.74, 6) is 3.42. The van der Waals surface area contributed by atoms with E-state index in [1.807, 2.05) is 0 Å². The lowest BCUT2D eigenvalue weighted by Gasteiger charge is -1.88. The van der Waals surface area contributed by atoms with Crippen molar-refractivity contribution in [3.05, 3.63) is 16.1 Å². The van der Waals surface area contributed by atoms with Crippen molar-refractivity contribution < 1.29 is 0 Å². The van der Waals surface area contributed by atoms with Crippen molar-refractivity contribution in [1.29, 1.82) is 0 Å². The van der Waals surface area contributed by atoms with Crippen molar-refractivity contribution >= 4 is 11.3 Å². The fourth-order valence-corrected chi connectivity index (χ4v) is 2.18. The van der Waals surface area contributed by atoms with Crippen LogP contribution in [0.2, 0.25) is 0 Å². The first-order valence-electron chi connectivity index (χ1n) is 4.28. The summed E-state index contributed by atoms with van der Waals surface area (Å²) in [5, 5.41) is 3.47. The summed E-state index contributed by atoms with van der Waals surface area (Å²) in [5.41, 5.74) is 1.18. The van der Waals surface area contributed by atoms with Crippen molar-refractivity contribution in [3.8, 4) is 12.3 Å². The molecule has 0 aliphatic heterocycles. The molecule has 1 fully saturated rings. The van der Waals surface area contributed by atoms with Crippen LogP contribution in [-0.2, 0) is 6.42 Å². The van der Waals surface area contributed by atoms with E-state index in [-0.39, 0.29) is 0 Å². The molecular formula is C10H11NS. The highest BCUT2D eigenvalue weighted by molar-refractivity contribution is 7.09. The molecule has 0 N–H and O–H groups in total. The predicted molar refractivity (Wildman–Crippen MR) is 51.2 cm³/mol. The minimum atomic E-state index is 0.787. The van der Waals surface area contributed by atoms with Crippen LogP contribution in [0.15, 0.2) is 5.38 Å². The first-order valence-corrected chi connectivity index (χ1v) is 5.16. The molecule has 1 heterocycles. The van der Waals surface area contributed by atoms with Crippen LogP contribution in [-0.4, -0.2) is 4.98 Å². The van der Waals surface area contributed by atoms with Gasteiger partial charge >= 0.3 is 0 Å². The van der Waals surface area contributed by atoms with E-state index in [0.29, 0.717) is 0 Å². The molecule has 0 atom stereocenters. The molecule has 1 nitrogen and oxygen atoms in total. The van der Waals surface area contributed by atoms with Crippen molar-refractivity contribution in [3.63, 3.8) is 0 Å². The zero-order chi connectivity index (χ0) is 8.39. The largest absolute Gasteiger partial charge is 0.246 e. The molecule has 0 bridgehead atoms. The minimum absolute atomic E-state index is 0.787. The SMILES string of the molecule is C#CCCc1csc(C2CC2)n1. The first-order chi connectivity index (χ1) is 5.90. The first kappa shape index (κ1) is 7.82. The fourth-order valence-electron chi connectivity index (χ4n) is 1.16. The van der Waals surface area contributed by atoms with Crippen molar-refractivity contribution in [2.24, 2.45) is 0 Å². The van der Waals surface area contributed by atoms with Crippen LogP contribution in [0.25, 0.3) is 0 Å². The number of aryl methyl sites for hydroxylation is 1. The number of rotatable bonds is 3. The number of hydrogen-bond donors (Lipinski definition) is 0. The number of hydrogen-bond acceptors (Lipinski definition) is 2. The summed E-state index contributed by atoms with van der Waals surface area (Å²) in [7, 11) is 0. The molecule has 0 unspecified atom stereocenters. The zero-order valence-electron chi connectivity index (χ0n) is 6.92. The molecule has 0 saturated heterocycles. The molecule has 12 heavy (non-hydrogen) atoms. The zero-order valence-corrected chi connectivity index (χ0v) is 7.73. The highest BCUT2D eigenvalue weighted by Crippen LogP contribution is 2.41. The van der Waals surface area contributed by atoms with Gasteiger partial charge < -0.3 is 0 Å². The van der Waals surface area contributed by atoms with Crippen LogP contribution in [0.5, 0.6) is 0 Å². The lowest BCUT2D eigenvalue weighted by molar-refractivity contribution is 0.948. The van der Waals surface area contributed by atoms with Gasteiger partial charge in [-0.05, 0) is 12.8 Å². The van der Waals surface area contributed by atoms with Gasteiger partial charge in [0, 0.05) is 24.1 Å². The number of terminal acetylenes is 1. The van der Waals surface area contributed by atoms with Gasteiger partial charge in [0.2, 0.25) is 0 Å². The number of aromatic nitrogens is 1. The molecule has 1 aliphatic carbocycles. The molecule has 0 amide bonds. The second kappa shape index (κ2) is 3.28. The van der Waals surface area contributed by atoms with Gasteiger partial charge in [-0.1, -0.05) is 0 Å². The molecule has 1 aromatic rings. The summed E-state index contributed by atoms with van der Waals surface area (Å²) in [6.07, 6.45) is 9.61. The van der Waals surface area contributed by atoms with E-state index in [1.165, 1.54) is 23.5 Å². The molecule has 2 rings (SSSR count). The van der Waals surface area contributed by atoms with Crippen molar-refractivity contribution in [1.82, 2.24) is 4.98 Å². The topological polar surface area (TPSA) is 12.9 Å². The smallest absolute Gasteiger partial charge is 0.0959 e. The second-order valence-electron chi connectivity index (χ2n) is 3.16.